The highest BCUT2D eigenvalue weighted by Crippen LogP contribution is 2.34. The number of benzene rings is 2. The number of fused-ring (bicyclic) bond motifs is 2. The standard InChI is InChI=1S/C29H36N6O3/c1-18(36)33-26(15-20-17-32-24-13-9-7-11-22(20)24)35(5)27(37)25(34-28(38)29(2,3)30-4)14-19-16-31-23-12-8-6-10-21(19)23/h6-13,16-17,20,25-26,30-31H,14-15H2,1-5H3,(H,33,36)(H,34,38)/t20?,25-,26-/m1/s1. The van der Waals surface area contributed by atoms with Crippen molar-refractivity contribution in [2.24, 2.45) is 4.99 Å². The van der Waals surface area contributed by atoms with Crippen LogP contribution in [0.5, 0.6) is 0 Å². The van der Waals surface area contributed by atoms with Gasteiger partial charge in [0.2, 0.25) is 17.7 Å². The lowest BCUT2D eigenvalue weighted by molar-refractivity contribution is -0.139. The van der Waals surface area contributed by atoms with Gasteiger partial charge in [-0.3, -0.25) is 19.4 Å². The van der Waals surface area contributed by atoms with Crippen molar-refractivity contribution < 1.29 is 14.4 Å². The number of H-pyrrole nitrogens is 1. The Morgan fingerprint density at radius 3 is 2.53 bits per heavy atom. The van der Waals surface area contributed by atoms with E-state index in [1.54, 1.807) is 27.9 Å². The Hall–Kier alpha value is -3.98. The summed E-state index contributed by atoms with van der Waals surface area (Å²) in [5.41, 5.74) is 2.95. The van der Waals surface area contributed by atoms with Crippen molar-refractivity contribution in [1.29, 1.82) is 0 Å². The van der Waals surface area contributed by atoms with Crippen molar-refractivity contribution >= 4 is 40.5 Å². The first-order valence-corrected chi connectivity index (χ1v) is 12.8. The Morgan fingerprint density at radius 2 is 1.79 bits per heavy atom. The monoisotopic (exact) mass is 516 g/mol. The highest BCUT2D eigenvalue weighted by atomic mass is 16.2. The summed E-state index contributed by atoms with van der Waals surface area (Å²) in [6, 6.07) is 14.9. The van der Waals surface area contributed by atoms with E-state index in [9.17, 15) is 14.4 Å². The molecule has 3 amide bonds. The van der Waals surface area contributed by atoms with Gasteiger partial charge in [-0.2, -0.15) is 0 Å². The number of amides is 3. The molecule has 4 rings (SSSR count). The van der Waals surface area contributed by atoms with Crippen LogP contribution in [0.4, 0.5) is 5.69 Å². The van der Waals surface area contributed by atoms with Crippen molar-refractivity contribution in [3.05, 3.63) is 65.9 Å². The molecule has 1 aromatic heterocycles. The summed E-state index contributed by atoms with van der Waals surface area (Å²) >= 11 is 0. The zero-order valence-corrected chi connectivity index (χ0v) is 22.5. The molecule has 0 bridgehead atoms. The average molecular weight is 517 g/mol. The van der Waals surface area contributed by atoms with E-state index in [0.29, 0.717) is 12.8 Å². The molecular weight excluding hydrogens is 480 g/mol. The van der Waals surface area contributed by atoms with E-state index in [1.165, 1.54) is 11.8 Å². The molecule has 1 aliphatic heterocycles. The second-order valence-electron chi connectivity index (χ2n) is 10.3. The molecule has 2 aromatic carbocycles. The number of aromatic nitrogens is 1. The topological polar surface area (TPSA) is 119 Å². The second kappa shape index (κ2) is 11.2. The quantitative estimate of drug-likeness (QED) is 0.310. The zero-order valence-electron chi connectivity index (χ0n) is 22.5. The van der Waals surface area contributed by atoms with Gasteiger partial charge in [-0.05, 0) is 50.6 Å². The molecule has 9 heteroatoms. The number of hydrogen-bond acceptors (Lipinski definition) is 5. The molecule has 0 saturated carbocycles. The lowest BCUT2D eigenvalue weighted by Gasteiger charge is -2.34. The van der Waals surface area contributed by atoms with Crippen LogP contribution in [-0.4, -0.2) is 65.7 Å². The molecule has 1 unspecified atom stereocenters. The number of nitrogens with zero attached hydrogens (tertiary/aromatic N) is 2. The number of likely N-dealkylation sites (N-methyl/N-ethyl adjacent to an activating group) is 2. The van der Waals surface area contributed by atoms with Crippen LogP contribution in [0.3, 0.4) is 0 Å². The Morgan fingerprint density at radius 1 is 1.08 bits per heavy atom. The third-order valence-corrected chi connectivity index (χ3v) is 7.29. The minimum atomic E-state index is -0.877. The smallest absolute Gasteiger partial charge is 0.246 e. The molecule has 3 aromatic rings. The number of aromatic amines is 1. The maximum Gasteiger partial charge on any atom is 0.246 e. The predicted molar refractivity (Wildman–Crippen MR) is 149 cm³/mol. The van der Waals surface area contributed by atoms with Gasteiger partial charge in [0.15, 0.2) is 0 Å². The maximum atomic E-state index is 14.0. The lowest BCUT2D eigenvalue weighted by atomic mass is 9.95. The summed E-state index contributed by atoms with van der Waals surface area (Å²) in [7, 11) is 3.37. The third kappa shape index (κ3) is 5.78. The van der Waals surface area contributed by atoms with Gasteiger partial charge in [-0.25, -0.2) is 0 Å². The number of para-hydroxylation sites is 2. The Labute approximate surface area is 223 Å². The predicted octanol–water partition coefficient (Wildman–Crippen LogP) is 3.00. The summed E-state index contributed by atoms with van der Waals surface area (Å²) in [5, 5.41) is 9.88. The molecule has 0 radical (unpaired) electrons. The largest absolute Gasteiger partial charge is 0.361 e. The molecule has 1 aliphatic rings. The van der Waals surface area contributed by atoms with Crippen LogP contribution in [0.25, 0.3) is 10.9 Å². The second-order valence-corrected chi connectivity index (χ2v) is 10.3. The minimum absolute atomic E-state index is 0.0526. The molecule has 3 atom stereocenters. The van der Waals surface area contributed by atoms with Gasteiger partial charge in [0.1, 0.15) is 12.2 Å². The molecule has 0 fully saturated rings. The van der Waals surface area contributed by atoms with Gasteiger partial charge in [-0.1, -0.05) is 36.4 Å². The number of aliphatic imine (C=N–C) groups is 1. The van der Waals surface area contributed by atoms with Crippen LogP contribution in [-0.2, 0) is 20.8 Å². The number of nitrogens with one attached hydrogen (secondary N) is 4. The Kier molecular flexibility index (Phi) is 7.97. The highest BCUT2D eigenvalue weighted by Gasteiger charge is 2.35. The normalized spacial score (nSPS) is 16.1. The molecule has 4 N–H and O–H groups in total. The van der Waals surface area contributed by atoms with E-state index < -0.39 is 17.7 Å². The average Bonchev–Trinajstić information content (AvgIpc) is 3.51. The number of hydrogen-bond donors (Lipinski definition) is 4. The Balaban J connectivity index is 1.61. The van der Waals surface area contributed by atoms with E-state index in [4.69, 9.17) is 0 Å². The first kappa shape index (κ1) is 27.1. The molecule has 38 heavy (non-hydrogen) atoms. The van der Waals surface area contributed by atoms with Gasteiger partial charge < -0.3 is 25.8 Å². The number of carbonyl (C=O) groups excluding carboxylic acids is 3. The third-order valence-electron chi connectivity index (χ3n) is 7.29. The molecule has 0 spiro atoms. The lowest BCUT2D eigenvalue weighted by Crippen LogP contribution is -2.60. The summed E-state index contributed by atoms with van der Waals surface area (Å²) < 4.78 is 0. The van der Waals surface area contributed by atoms with E-state index in [-0.39, 0.29) is 23.6 Å². The number of rotatable bonds is 10. The van der Waals surface area contributed by atoms with Crippen LogP contribution in [0.15, 0.2) is 59.7 Å². The van der Waals surface area contributed by atoms with Crippen LogP contribution in [0.1, 0.15) is 44.2 Å². The Bertz CT molecular complexity index is 1360. The number of carbonyl (C=O) groups is 3. The summed E-state index contributed by atoms with van der Waals surface area (Å²) in [6.45, 7) is 4.95. The van der Waals surface area contributed by atoms with E-state index in [2.05, 4.69) is 25.9 Å². The SMILES string of the molecule is CNC(C)(C)C(=O)N[C@H](Cc1c[nH]c2ccccc12)C(=O)N(C)[C@H](CC1C=Nc2ccccc21)NC(C)=O. The fraction of sp³-hybridized carbons (Fsp3) is 0.379. The van der Waals surface area contributed by atoms with Gasteiger partial charge in [0, 0.05) is 49.6 Å². The van der Waals surface area contributed by atoms with Crippen molar-refractivity contribution in [3.63, 3.8) is 0 Å². The minimum Gasteiger partial charge on any atom is -0.361 e. The molecule has 0 aliphatic carbocycles. The first-order chi connectivity index (χ1) is 18.1. The van der Waals surface area contributed by atoms with E-state index >= 15 is 0 Å². The fourth-order valence-electron chi connectivity index (χ4n) is 4.72. The van der Waals surface area contributed by atoms with E-state index in [0.717, 1.165) is 27.7 Å². The van der Waals surface area contributed by atoms with Crippen LogP contribution < -0.4 is 16.0 Å². The van der Waals surface area contributed by atoms with Crippen molar-refractivity contribution in [2.45, 2.75) is 57.3 Å². The van der Waals surface area contributed by atoms with Gasteiger partial charge >= 0.3 is 0 Å². The molecular formula is C29H36N6O3. The van der Waals surface area contributed by atoms with Gasteiger partial charge in [0.05, 0.1) is 11.2 Å². The van der Waals surface area contributed by atoms with Gasteiger partial charge in [0.25, 0.3) is 0 Å². The highest BCUT2D eigenvalue weighted by molar-refractivity contribution is 5.93. The van der Waals surface area contributed by atoms with Crippen molar-refractivity contribution in [2.75, 3.05) is 14.1 Å². The molecule has 0 saturated heterocycles. The molecule has 2 heterocycles. The zero-order chi connectivity index (χ0) is 27.4. The maximum absolute atomic E-state index is 14.0. The van der Waals surface area contributed by atoms with Gasteiger partial charge in [-0.15, -0.1) is 0 Å². The fourth-order valence-corrected chi connectivity index (χ4v) is 4.72. The van der Waals surface area contributed by atoms with Crippen molar-refractivity contribution in [3.8, 4) is 0 Å². The summed E-state index contributed by atoms with van der Waals surface area (Å²) in [5.74, 6) is -0.883. The van der Waals surface area contributed by atoms with Crippen LogP contribution in [0.2, 0.25) is 0 Å². The van der Waals surface area contributed by atoms with Crippen LogP contribution >= 0.6 is 0 Å². The molecule has 200 valence electrons. The summed E-state index contributed by atoms with van der Waals surface area (Å²) in [6.07, 6.45) is 3.88. The van der Waals surface area contributed by atoms with E-state index in [1.807, 2.05) is 60.9 Å². The summed E-state index contributed by atoms with van der Waals surface area (Å²) in [4.78, 5) is 48.6. The molecule has 9 nitrogen and oxygen atoms in total. The first-order valence-electron chi connectivity index (χ1n) is 12.8. The van der Waals surface area contributed by atoms with Crippen molar-refractivity contribution in [1.82, 2.24) is 25.8 Å². The van der Waals surface area contributed by atoms with Crippen LogP contribution in [0, 0.1) is 0 Å².